The van der Waals surface area contributed by atoms with Crippen molar-refractivity contribution in [3.63, 3.8) is 0 Å². The Morgan fingerprint density at radius 2 is 1.66 bits per heavy atom. The Balaban J connectivity index is 1.10. The lowest BCUT2D eigenvalue weighted by molar-refractivity contribution is -0.0485. The summed E-state index contributed by atoms with van der Waals surface area (Å²) in [5.41, 5.74) is 1.15. The van der Waals surface area contributed by atoms with Crippen LogP contribution in [0.4, 0.5) is 0 Å². The Morgan fingerprint density at radius 1 is 0.955 bits per heavy atom. The minimum absolute atomic E-state index is 0.00276. The first-order valence-electron chi connectivity index (χ1n) is 21.3. The summed E-state index contributed by atoms with van der Waals surface area (Å²) in [7, 11) is 0.151. The largest absolute Gasteiger partial charge is 0.695 e. The first-order chi connectivity index (χ1) is 32.5. The minimum atomic E-state index is -3.74. The van der Waals surface area contributed by atoms with Gasteiger partial charge in [0.15, 0.2) is 23.5 Å². The van der Waals surface area contributed by atoms with Gasteiger partial charge in [0.25, 0.3) is 5.56 Å². The summed E-state index contributed by atoms with van der Waals surface area (Å²) in [5, 5.41) is 9.50. The van der Waals surface area contributed by atoms with Gasteiger partial charge in [-0.15, -0.1) is 9.42 Å². The number of aromatic nitrogens is 6. The number of imidazole rings is 1. The second kappa shape index (κ2) is 21.6. The molecule has 67 heavy (non-hydrogen) atoms. The quantitative estimate of drug-likeness (QED) is 0.0423. The molecule has 1 aliphatic heterocycles. The van der Waals surface area contributed by atoms with E-state index in [0.717, 1.165) is 16.7 Å². The zero-order chi connectivity index (χ0) is 47.0. The second-order valence-electron chi connectivity index (χ2n) is 15.8. The van der Waals surface area contributed by atoms with Gasteiger partial charge < -0.3 is 42.2 Å². The number of rotatable bonds is 21. The van der Waals surface area contributed by atoms with E-state index in [4.69, 9.17) is 53.6 Å². The Labute approximate surface area is 391 Å². The molecule has 3 aromatic carbocycles. The zero-order valence-electron chi connectivity index (χ0n) is 36.6. The Kier molecular flexibility index (Phi) is 15.5. The van der Waals surface area contributed by atoms with Crippen LogP contribution in [-0.2, 0) is 49.5 Å². The monoisotopic (exact) mass is 972 g/mol. The highest BCUT2D eigenvalue weighted by molar-refractivity contribution is 8.07. The summed E-state index contributed by atoms with van der Waals surface area (Å²) in [6, 6.07) is 29.2. The van der Waals surface area contributed by atoms with Gasteiger partial charge in [-0.05, 0) is 59.2 Å². The van der Waals surface area contributed by atoms with E-state index in [0.29, 0.717) is 30.2 Å². The number of nitrogens with zero attached hydrogens (tertiary/aromatic N) is 6. The van der Waals surface area contributed by atoms with Crippen molar-refractivity contribution in [2.45, 2.75) is 62.4 Å². The third kappa shape index (κ3) is 10.8. The van der Waals surface area contributed by atoms with Crippen molar-refractivity contribution in [3.8, 4) is 23.4 Å². The van der Waals surface area contributed by atoms with E-state index in [2.05, 4.69) is 31.0 Å². The summed E-state index contributed by atoms with van der Waals surface area (Å²) in [5.74, 6) is 0.802. The molecule has 2 N–H and O–H groups in total. The molecule has 2 fully saturated rings. The van der Waals surface area contributed by atoms with Gasteiger partial charge in [-0.1, -0.05) is 61.5 Å². The lowest BCUT2D eigenvalue weighted by Crippen LogP contribution is -2.36. The standard InChI is InChI=1S/C45H47N7O12P2S/c1-29-38(62-44(41(29)63-65(54)55)52-28-51-40-42(52)49-27-50-43(40)53)25-60-66(67,59-21-7-19-46)64-37-23-36(61-39-18-20-47-26-48-39)22-30(37)24-58-45(31-8-5-4-6-9-31,32-10-14-34(56-2)15-11-32)33-12-16-35(57-3)17-13-33/h4-6,8-18,20,26-30,36-38,41,44H,7,21-25H2,1-3H3,(H-,49,50,53,54,55)/p+1/t29-,30-,36-,37+,38-,41-,44-,66?/m1/s1. The number of aromatic amines is 1. The summed E-state index contributed by atoms with van der Waals surface area (Å²) in [6.07, 6.45) is 2.46. The number of ether oxygens (including phenoxy) is 5. The van der Waals surface area contributed by atoms with Crippen LogP contribution < -0.4 is 19.8 Å². The Hall–Kier alpha value is -5.55. The number of H-pyrrole nitrogens is 1. The number of hydrogen-bond acceptors (Lipinski definition) is 17. The topological polar surface area (TPSA) is 234 Å². The van der Waals surface area contributed by atoms with Gasteiger partial charge in [-0.25, -0.2) is 19.9 Å². The van der Waals surface area contributed by atoms with Gasteiger partial charge in [0.1, 0.15) is 29.5 Å². The van der Waals surface area contributed by atoms with E-state index in [1.54, 1.807) is 33.4 Å². The van der Waals surface area contributed by atoms with Crippen molar-refractivity contribution in [2.75, 3.05) is 34.0 Å². The van der Waals surface area contributed by atoms with Crippen molar-refractivity contribution in [1.82, 2.24) is 29.5 Å². The van der Waals surface area contributed by atoms with E-state index in [1.165, 1.54) is 23.5 Å². The lowest BCUT2D eigenvalue weighted by atomic mass is 9.80. The van der Waals surface area contributed by atoms with Gasteiger partial charge in [0, 0.05) is 35.1 Å². The van der Waals surface area contributed by atoms with Crippen LogP contribution in [0, 0.1) is 23.2 Å². The van der Waals surface area contributed by atoms with Crippen LogP contribution in [0.5, 0.6) is 17.4 Å². The summed E-state index contributed by atoms with van der Waals surface area (Å²) >= 11 is 6.14. The van der Waals surface area contributed by atoms with Gasteiger partial charge in [0.2, 0.25) is 5.88 Å². The first kappa shape index (κ1) is 47.9. The van der Waals surface area contributed by atoms with Gasteiger partial charge in [0.05, 0.1) is 71.4 Å². The van der Waals surface area contributed by atoms with Crippen LogP contribution in [0.1, 0.15) is 49.1 Å². The number of methoxy groups -OCH3 is 2. The molecule has 2 unspecified atom stereocenters. The van der Waals surface area contributed by atoms with Crippen molar-refractivity contribution in [3.05, 3.63) is 137 Å². The molecule has 2 aliphatic rings. The molecule has 3 aromatic heterocycles. The number of nitrogens with one attached hydrogen (secondary N) is 1. The average Bonchev–Trinajstić information content (AvgIpc) is 4.04. The van der Waals surface area contributed by atoms with Crippen LogP contribution in [0.25, 0.3) is 11.2 Å². The smallest absolute Gasteiger partial charge is 0.497 e. The molecular weight excluding hydrogens is 925 g/mol. The van der Waals surface area contributed by atoms with Crippen LogP contribution in [-0.4, -0.2) is 92.8 Å². The molecule has 6 aromatic rings. The predicted molar refractivity (Wildman–Crippen MR) is 245 cm³/mol. The fourth-order valence-electron chi connectivity index (χ4n) is 8.46. The predicted octanol–water partition coefficient (Wildman–Crippen LogP) is 6.92. The van der Waals surface area contributed by atoms with Gasteiger partial charge >= 0.3 is 15.0 Å². The fourth-order valence-corrected chi connectivity index (χ4v) is 11.1. The molecule has 19 nitrogen and oxygen atoms in total. The van der Waals surface area contributed by atoms with E-state index >= 15 is 0 Å². The molecule has 0 spiro atoms. The maximum Gasteiger partial charge on any atom is 0.695 e. The van der Waals surface area contributed by atoms with E-state index in [1.807, 2.05) is 78.9 Å². The molecule has 9 atom stereocenters. The van der Waals surface area contributed by atoms with E-state index < -0.39 is 62.7 Å². The third-order valence-electron chi connectivity index (χ3n) is 11.8. The normalized spacial score (nSPS) is 22.8. The van der Waals surface area contributed by atoms with Crippen LogP contribution in [0.15, 0.2) is 115 Å². The molecule has 1 saturated heterocycles. The molecule has 8 rings (SSSR count). The molecule has 0 radical (unpaired) electrons. The highest BCUT2D eigenvalue weighted by atomic mass is 32.5. The van der Waals surface area contributed by atoms with Crippen molar-refractivity contribution in [1.29, 1.82) is 5.26 Å². The molecule has 22 heteroatoms. The van der Waals surface area contributed by atoms with E-state index in [-0.39, 0.29) is 43.3 Å². The van der Waals surface area contributed by atoms with Crippen LogP contribution >= 0.6 is 15.0 Å². The molecule has 350 valence electrons. The highest BCUT2D eigenvalue weighted by Crippen LogP contribution is 2.55. The van der Waals surface area contributed by atoms with Crippen molar-refractivity contribution < 1.29 is 51.2 Å². The fraction of sp³-hybridized carbons (Fsp3) is 0.378. The van der Waals surface area contributed by atoms with Gasteiger partial charge in [-0.2, -0.15) is 5.26 Å². The average molecular weight is 973 g/mol. The number of nitriles is 1. The summed E-state index contributed by atoms with van der Waals surface area (Å²) < 4.78 is 69.8. The van der Waals surface area contributed by atoms with E-state index in [9.17, 15) is 19.5 Å². The maximum absolute atomic E-state index is 12.5. The number of benzene rings is 3. The SMILES string of the molecule is COc1ccc(C(OC[C@H]2C[C@@H](Oc3ccncn3)C[C@@H]2OP(=S)(OCCC#N)OC[C@H]2O[C@@H](n3cnc4c(=O)[nH]cnc43)[C@H](O[P+](=O)O)[C@@H]2C)(c2ccccc2)c2ccc(OC)cc2)cc1. The molecule has 1 aliphatic carbocycles. The first-order valence-corrected chi connectivity index (χ1v) is 25.0. The lowest BCUT2D eigenvalue weighted by Gasteiger charge is -2.38. The van der Waals surface area contributed by atoms with Crippen molar-refractivity contribution in [2.24, 2.45) is 11.8 Å². The van der Waals surface area contributed by atoms with Crippen LogP contribution in [0.3, 0.4) is 0 Å². The van der Waals surface area contributed by atoms with Crippen LogP contribution in [0.2, 0.25) is 0 Å². The molecule has 4 heterocycles. The second-order valence-corrected chi connectivity index (χ2v) is 19.4. The Bertz CT molecular complexity index is 2700. The Morgan fingerprint density at radius 3 is 2.30 bits per heavy atom. The highest BCUT2D eigenvalue weighted by Gasteiger charge is 2.50. The molecule has 1 saturated carbocycles. The number of hydrogen-bond donors (Lipinski definition) is 2. The zero-order valence-corrected chi connectivity index (χ0v) is 39.2. The third-order valence-corrected chi connectivity index (χ3v) is 14.6. The molecule has 0 amide bonds. The summed E-state index contributed by atoms with van der Waals surface area (Å²) in [4.78, 5) is 41.6. The number of fused-ring (bicyclic) bond motifs is 1. The molecule has 0 bridgehead atoms. The summed E-state index contributed by atoms with van der Waals surface area (Å²) in [6.45, 7) is -2.13. The minimum Gasteiger partial charge on any atom is -0.497 e. The molecular formula is C45H48N7O12P2S+. The van der Waals surface area contributed by atoms with Crippen molar-refractivity contribution >= 4 is 37.9 Å². The maximum atomic E-state index is 12.5. The van der Waals surface area contributed by atoms with Gasteiger partial charge in [-0.3, -0.25) is 9.36 Å².